The number of amides is 1. The average molecular weight is 478 g/mol. The van der Waals surface area contributed by atoms with Gasteiger partial charge in [0.25, 0.3) is 0 Å². The van der Waals surface area contributed by atoms with Gasteiger partial charge in [0.05, 0.1) is 35.9 Å². The highest BCUT2D eigenvalue weighted by Crippen LogP contribution is 2.24. The van der Waals surface area contributed by atoms with Crippen molar-refractivity contribution in [2.24, 2.45) is 0 Å². The van der Waals surface area contributed by atoms with Crippen molar-refractivity contribution in [2.45, 2.75) is 25.7 Å². The van der Waals surface area contributed by atoms with Crippen molar-refractivity contribution in [1.82, 2.24) is 0 Å². The first kappa shape index (κ1) is 25.3. The van der Waals surface area contributed by atoms with Gasteiger partial charge in [-0.3, -0.25) is 4.79 Å². The van der Waals surface area contributed by atoms with Crippen molar-refractivity contribution in [3.63, 3.8) is 0 Å². The fraction of sp³-hybridized carbons (Fsp3) is 0.222. The van der Waals surface area contributed by atoms with Crippen LogP contribution in [0.15, 0.2) is 72.8 Å². The van der Waals surface area contributed by atoms with E-state index in [1.807, 2.05) is 36.4 Å². The van der Waals surface area contributed by atoms with Gasteiger partial charge in [0.15, 0.2) is 0 Å². The smallest absolute Gasteiger partial charge is 0.337 e. The zero-order chi connectivity index (χ0) is 25.2. The number of para-hydroxylation sites is 1. The summed E-state index contributed by atoms with van der Waals surface area (Å²) in [5.74, 6) is -2.14. The first-order chi connectivity index (χ1) is 16.8. The van der Waals surface area contributed by atoms with Crippen LogP contribution in [-0.4, -0.2) is 41.3 Å². The second kappa shape index (κ2) is 12.2. The summed E-state index contributed by atoms with van der Waals surface area (Å²) in [6, 6.07) is 20.3. The maximum absolute atomic E-state index is 12.8. The van der Waals surface area contributed by atoms with Crippen molar-refractivity contribution in [1.29, 1.82) is 0 Å². The van der Waals surface area contributed by atoms with Gasteiger partial charge in [0, 0.05) is 0 Å². The molecule has 3 aromatic rings. The predicted molar refractivity (Wildman–Crippen MR) is 131 cm³/mol. The number of carboxylic acids is 2. The molecule has 1 atom stereocenters. The Labute approximate surface area is 203 Å². The third-order valence-electron chi connectivity index (χ3n) is 5.33. The molecule has 0 bridgehead atoms. The number of nitrogens with one attached hydrogen (secondary N) is 1. The molecule has 0 saturated heterocycles. The van der Waals surface area contributed by atoms with Crippen LogP contribution in [0.1, 0.15) is 52.0 Å². The summed E-state index contributed by atoms with van der Waals surface area (Å²) in [6.07, 6.45) is 1.64. The van der Waals surface area contributed by atoms with E-state index >= 15 is 0 Å². The molecule has 0 heterocycles. The largest absolute Gasteiger partial charge is 0.494 e. The van der Waals surface area contributed by atoms with Crippen molar-refractivity contribution >= 4 is 23.5 Å². The van der Waals surface area contributed by atoms with E-state index in [1.165, 1.54) is 12.1 Å². The van der Waals surface area contributed by atoms with Gasteiger partial charge < -0.3 is 25.0 Å². The molecule has 0 aromatic heterocycles. The van der Waals surface area contributed by atoms with E-state index in [2.05, 4.69) is 5.32 Å². The number of aromatic carboxylic acids is 2. The molecular formula is C27H27NO7. The van der Waals surface area contributed by atoms with Crippen molar-refractivity contribution in [3.8, 4) is 11.5 Å². The molecule has 0 fully saturated rings. The van der Waals surface area contributed by atoms with Crippen molar-refractivity contribution in [2.75, 3.05) is 18.5 Å². The van der Waals surface area contributed by atoms with E-state index in [0.29, 0.717) is 24.5 Å². The molecular weight excluding hydrogens is 450 g/mol. The van der Waals surface area contributed by atoms with Crippen LogP contribution in [0.4, 0.5) is 5.69 Å². The van der Waals surface area contributed by atoms with Gasteiger partial charge in [0.1, 0.15) is 11.5 Å². The minimum absolute atomic E-state index is 0.0319. The number of carbonyl (C=O) groups is 3. The van der Waals surface area contributed by atoms with Gasteiger partial charge in [-0.2, -0.15) is 0 Å². The van der Waals surface area contributed by atoms with E-state index < -0.39 is 23.8 Å². The third-order valence-corrected chi connectivity index (χ3v) is 5.33. The zero-order valence-corrected chi connectivity index (χ0v) is 19.3. The first-order valence-electron chi connectivity index (χ1n) is 11.2. The number of benzene rings is 3. The van der Waals surface area contributed by atoms with Crippen LogP contribution in [0.3, 0.4) is 0 Å². The van der Waals surface area contributed by atoms with Crippen LogP contribution in [0.2, 0.25) is 0 Å². The lowest BCUT2D eigenvalue weighted by Gasteiger charge is -2.15. The van der Waals surface area contributed by atoms with Gasteiger partial charge in [-0.05, 0) is 67.8 Å². The average Bonchev–Trinajstić information content (AvgIpc) is 2.86. The summed E-state index contributed by atoms with van der Waals surface area (Å²) in [6.45, 7) is 2.79. The number of hydrogen-bond acceptors (Lipinski definition) is 5. The Morgan fingerprint density at radius 2 is 1.46 bits per heavy atom. The minimum Gasteiger partial charge on any atom is -0.494 e. The summed E-state index contributed by atoms with van der Waals surface area (Å²) in [5, 5.41) is 21.1. The molecule has 0 aliphatic heterocycles. The molecule has 3 rings (SSSR count). The quantitative estimate of drug-likeness (QED) is 0.312. The topological polar surface area (TPSA) is 122 Å². The van der Waals surface area contributed by atoms with Crippen LogP contribution in [0.25, 0.3) is 0 Å². The molecule has 8 nitrogen and oxygen atoms in total. The third kappa shape index (κ3) is 7.33. The standard InChI is InChI=1S/C27H27NO7/c1-18(25(29)28-24-13-12-20(26(30)31)17-23(24)27(32)33)19-8-7-11-22(16-19)35-15-6-5-14-34-21-9-3-2-4-10-21/h2-4,7-13,16-18H,5-6,14-15H2,1H3,(H,28,29)(H,30,31)(H,32,33). The second-order valence-electron chi connectivity index (χ2n) is 7.87. The normalized spacial score (nSPS) is 11.3. The fourth-order valence-corrected chi connectivity index (χ4v) is 3.33. The SMILES string of the molecule is CC(C(=O)Nc1ccc(C(=O)O)cc1C(=O)O)c1cccc(OCCCCOc2ccccc2)c1. The van der Waals surface area contributed by atoms with E-state index in [-0.39, 0.29) is 16.8 Å². The lowest BCUT2D eigenvalue weighted by Crippen LogP contribution is -2.21. The molecule has 0 radical (unpaired) electrons. The number of unbranched alkanes of at least 4 members (excludes halogenated alkanes) is 1. The Bertz CT molecular complexity index is 1180. The second-order valence-corrected chi connectivity index (χ2v) is 7.87. The summed E-state index contributed by atoms with van der Waals surface area (Å²) in [7, 11) is 0. The molecule has 35 heavy (non-hydrogen) atoms. The maximum Gasteiger partial charge on any atom is 0.337 e. The molecule has 0 aliphatic rings. The van der Waals surface area contributed by atoms with E-state index in [1.54, 1.807) is 25.1 Å². The lowest BCUT2D eigenvalue weighted by atomic mass is 9.99. The van der Waals surface area contributed by atoms with Gasteiger partial charge in [-0.1, -0.05) is 30.3 Å². The molecule has 0 saturated carbocycles. The van der Waals surface area contributed by atoms with Crippen LogP contribution in [0, 0.1) is 0 Å². The number of anilines is 1. The molecule has 3 aromatic carbocycles. The molecule has 182 valence electrons. The molecule has 0 spiro atoms. The fourth-order valence-electron chi connectivity index (χ4n) is 3.33. The van der Waals surface area contributed by atoms with Crippen LogP contribution in [-0.2, 0) is 4.79 Å². The van der Waals surface area contributed by atoms with Gasteiger partial charge >= 0.3 is 11.9 Å². The Kier molecular flexibility index (Phi) is 8.83. The first-order valence-corrected chi connectivity index (χ1v) is 11.2. The van der Waals surface area contributed by atoms with Gasteiger partial charge in [-0.15, -0.1) is 0 Å². The summed E-state index contributed by atoms with van der Waals surface area (Å²) >= 11 is 0. The summed E-state index contributed by atoms with van der Waals surface area (Å²) in [5.41, 5.74) is 0.264. The van der Waals surface area contributed by atoms with Crippen LogP contribution >= 0.6 is 0 Å². The molecule has 8 heteroatoms. The monoisotopic (exact) mass is 477 g/mol. The minimum atomic E-state index is -1.33. The van der Waals surface area contributed by atoms with Crippen molar-refractivity contribution in [3.05, 3.63) is 89.5 Å². The highest BCUT2D eigenvalue weighted by atomic mass is 16.5. The molecule has 1 amide bonds. The van der Waals surface area contributed by atoms with Crippen LogP contribution < -0.4 is 14.8 Å². The highest BCUT2D eigenvalue weighted by Gasteiger charge is 2.20. The molecule has 1 unspecified atom stereocenters. The Hall–Kier alpha value is -4.33. The maximum atomic E-state index is 12.8. The van der Waals surface area contributed by atoms with E-state index in [0.717, 1.165) is 24.7 Å². The van der Waals surface area contributed by atoms with Crippen LogP contribution in [0.5, 0.6) is 11.5 Å². The summed E-state index contributed by atoms with van der Waals surface area (Å²) < 4.78 is 11.5. The Morgan fingerprint density at radius 3 is 2.11 bits per heavy atom. The number of hydrogen-bond donors (Lipinski definition) is 3. The van der Waals surface area contributed by atoms with Crippen molar-refractivity contribution < 1.29 is 34.1 Å². The number of carboxylic acid groups (broad SMARTS) is 2. The number of ether oxygens (including phenoxy) is 2. The lowest BCUT2D eigenvalue weighted by molar-refractivity contribution is -0.117. The van der Waals surface area contributed by atoms with E-state index in [9.17, 15) is 19.5 Å². The zero-order valence-electron chi connectivity index (χ0n) is 19.3. The molecule has 0 aliphatic carbocycles. The highest BCUT2D eigenvalue weighted by molar-refractivity contribution is 6.04. The molecule has 3 N–H and O–H groups in total. The van der Waals surface area contributed by atoms with Gasteiger partial charge in [-0.25, -0.2) is 9.59 Å². The number of rotatable bonds is 12. The predicted octanol–water partition coefficient (Wildman–Crippen LogP) is 5.06. The Balaban J connectivity index is 1.53. The Morgan fingerprint density at radius 1 is 0.800 bits per heavy atom. The number of carbonyl (C=O) groups excluding carboxylic acids is 1. The summed E-state index contributed by atoms with van der Waals surface area (Å²) in [4.78, 5) is 35.4. The van der Waals surface area contributed by atoms with E-state index in [4.69, 9.17) is 14.6 Å². The van der Waals surface area contributed by atoms with Gasteiger partial charge in [0.2, 0.25) is 5.91 Å².